The molecule has 0 radical (unpaired) electrons. The Bertz CT molecular complexity index is 299. The SMILES string of the molecule is CC[NH2+]Cc1cccc(C(F)(F)F)c1.[Cl-]. The van der Waals surface area contributed by atoms with Crippen LogP contribution in [0.25, 0.3) is 0 Å². The molecule has 0 aromatic heterocycles. The second kappa shape index (κ2) is 5.98. The monoisotopic (exact) mass is 239 g/mol. The molecule has 0 amide bonds. The number of nitrogens with two attached hydrogens (primary N) is 1. The topological polar surface area (TPSA) is 16.6 Å². The average Bonchev–Trinajstić information content (AvgIpc) is 2.14. The van der Waals surface area contributed by atoms with E-state index >= 15 is 0 Å². The molecule has 0 saturated carbocycles. The van der Waals surface area contributed by atoms with E-state index in [9.17, 15) is 13.2 Å². The number of hydrogen-bond donors (Lipinski definition) is 1. The molecule has 1 aromatic rings. The zero-order valence-electron chi connectivity index (χ0n) is 8.31. The molecule has 1 nitrogen and oxygen atoms in total. The fourth-order valence-corrected chi connectivity index (χ4v) is 1.19. The van der Waals surface area contributed by atoms with Crippen LogP contribution in [-0.4, -0.2) is 6.54 Å². The number of benzene rings is 1. The van der Waals surface area contributed by atoms with Crippen molar-refractivity contribution >= 4 is 0 Å². The van der Waals surface area contributed by atoms with E-state index in [0.717, 1.165) is 12.6 Å². The average molecular weight is 240 g/mol. The van der Waals surface area contributed by atoms with Crippen molar-refractivity contribution < 1.29 is 30.9 Å². The zero-order valence-corrected chi connectivity index (χ0v) is 9.07. The number of hydrogen-bond acceptors (Lipinski definition) is 0. The first kappa shape index (κ1) is 14.3. The molecule has 0 heterocycles. The second-order valence-corrected chi connectivity index (χ2v) is 3.10. The van der Waals surface area contributed by atoms with Crippen molar-refractivity contribution in [3.05, 3.63) is 35.4 Å². The van der Waals surface area contributed by atoms with E-state index in [1.165, 1.54) is 12.1 Å². The lowest BCUT2D eigenvalue weighted by atomic mass is 10.1. The van der Waals surface area contributed by atoms with Crippen LogP contribution in [0.1, 0.15) is 18.1 Å². The Morgan fingerprint density at radius 1 is 1.27 bits per heavy atom. The van der Waals surface area contributed by atoms with Crippen molar-refractivity contribution in [3.8, 4) is 0 Å². The molecule has 0 bridgehead atoms. The molecule has 0 saturated heterocycles. The summed E-state index contributed by atoms with van der Waals surface area (Å²) in [5.41, 5.74) is 0.140. The first-order valence-electron chi connectivity index (χ1n) is 4.52. The third-order valence-corrected chi connectivity index (χ3v) is 1.92. The molecule has 15 heavy (non-hydrogen) atoms. The lowest BCUT2D eigenvalue weighted by molar-refractivity contribution is -0.667. The Balaban J connectivity index is 0.00000196. The zero-order chi connectivity index (χ0) is 10.6. The molecule has 1 aromatic carbocycles. The first-order chi connectivity index (χ1) is 6.54. The van der Waals surface area contributed by atoms with E-state index in [2.05, 4.69) is 0 Å². The van der Waals surface area contributed by atoms with E-state index in [-0.39, 0.29) is 12.4 Å². The molecule has 1 rings (SSSR count). The molecular weight excluding hydrogens is 227 g/mol. The van der Waals surface area contributed by atoms with Crippen molar-refractivity contribution in [2.75, 3.05) is 6.54 Å². The fraction of sp³-hybridized carbons (Fsp3) is 0.400. The highest BCUT2D eigenvalue weighted by Crippen LogP contribution is 2.29. The summed E-state index contributed by atoms with van der Waals surface area (Å²) in [6.07, 6.45) is -4.23. The van der Waals surface area contributed by atoms with Crippen LogP contribution in [0.2, 0.25) is 0 Å². The van der Waals surface area contributed by atoms with Crippen LogP contribution in [0.4, 0.5) is 13.2 Å². The van der Waals surface area contributed by atoms with Crippen LogP contribution in [0, 0.1) is 0 Å². The number of rotatable bonds is 3. The highest BCUT2D eigenvalue weighted by molar-refractivity contribution is 5.24. The lowest BCUT2D eigenvalue weighted by Crippen LogP contribution is -3.00. The predicted octanol–water partition coefficient (Wildman–Crippen LogP) is -1.21. The molecule has 5 heteroatoms. The second-order valence-electron chi connectivity index (χ2n) is 3.10. The maximum atomic E-state index is 12.3. The Kier molecular flexibility index (Phi) is 5.68. The van der Waals surface area contributed by atoms with Crippen LogP contribution in [0.15, 0.2) is 24.3 Å². The molecule has 0 fully saturated rings. The van der Waals surface area contributed by atoms with E-state index in [1.807, 2.05) is 12.2 Å². The smallest absolute Gasteiger partial charge is 0.416 e. The standard InChI is InChI=1S/C10H12F3N.ClH/c1-2-14-7-8-4-3-5-9(6-8)10(11,12)13;/h3-6,14H,2,7H2,1H3;1H. The number of alkyl halides is 3. The molecule has 0 aliphatic carbocycles. The summed E-state index contributed by atoms with van der Waals surface area (Å²) in [6, 6.07) is 5.45. The minimum Gasteiger partial charge on any atom is -1.00 e. The van der Waals surface area contributed by atoms with E-state index in [4.69, 9.17) is 0 Å². The largest absolute Gasteiger partial charge is 1.00 e. The molecule has 0 aliphatic rings. The molecule has 0 spiro atoms. The quantitative estimate of drug-likeness (QED) is 0.682. The van der Waals surface area contributed by atoms with Gasteiger partial charge in [-0.05, 0) is 19.1 Å². The summed E-state index contributed by atoms with van der Waals surface area (Å²) < 4.78 is 36.8. The Hall–Kier alpha value is -0.740. The van der Waals surface area contributed by atoms with Crippen molar-refractivity contribution in [3.63, 3.8) is 0 Å². The lowest BCUT2D eigenvalue weighted by Gasteiger charge is -2.07. The maximum absolute atomic E-state index is 12.3. The van der Waals surface area contributed by atoms with Gasteiger partial charge in [0.2, 0.25) is 0 Å². The van der Waals surface area contributed by atoms with Crippen molar-refractivity contribution in [2.24, 2.45) is 0 Å². The molecule has 86 valence electrons. The van der Waals surface area contributed by atoms with Crippen LogP contribution in [0.5, 0.6) is 0 Å². The van der Waals surface area contributed by atoms with Gasteiger partial charge in [0.15, 0.2) is 0 Å². The number of quaternary nitrogens is 1. The first-order valence-corrected chi connectivity index (χ1v) is 4.52. The fourth-order valence-electron chi connectivity index (χ4n) is 1.19. The Morgan fingerprint density at radius 2 is 1.93 bits per heavy atom. The highest BCUT2D eigenvalue weighted by atomic mass is 35.5. The van der Waals surface area contributed by atoms with Crippen molar-refractivity contribution in [1.29, 1.82) is 0 Å². The van der Waals surface area contributed by atoms with Crippen LogP contribution in [-0.2, 0) is 12.7 Å². The molecule has 0 atom stereocenters. The van der Waals surface area contributed by atoms with Gasteiger partial charge >= 0.3 is 6.18 Å². The Morgan fingerprint density at radius 3 is 2.47 bits per heavy atom. The van der Waals surface area contributed by atoms with Gasteiger partial charge in [-0.1, -0.05) is 12.1 Å². The van der Waals surface area contributed by atoms with Crippen LogP contribution < -0.4 is 17.7 Å². The van der Waals surface area contributed by atoms with E-state index in [1.54, 1.807) is 6.07 Å². The summed E-state index contributed by atoms with van der Waals surface area (Å²) in [5, 5.41) is 1.95. The van der Waals surface area contributed by atoms with Crippen molar-refractivity contribution in [2.45, 2.75) is 19.6 Å². The molecular formula is C10H13ClF3N. The summed E-state index contributed by atoms with van der Waals surface area (Å²) in [4.78, 5) is 0. The molecule has 0 unspecified atom stereocenters. The molecule has 0 aliphatic heterocycles. The summed E-state index contributed by atoms with van der Waals surface area (Å²) in [7, 11) is 0. The van der Waals surface area contributed by atoms with Gasteiger partial charge in [0.05, 0.1) is 12.1 Å². The van der Waals surface area contributed by atoms with E-state index < -0.39 is 11.7 Å². The predicted molar refractivity (Wildman–Crippen MR) is 47.6 cm³/mol. The van der Waals surface area contributed by atoms with Gasteiger partial charge in [0.1, 0.15) is 6.54 Å². The highest BCUT2D eigenvalue weighted by Gasteiger charge is 2.30. The van der Waals surface area contributed by atoms with Gasteiger partial charge in [-0.3, -0.25) is 0 Å². The van der Waals surface area contributed by atoms with Crippen LogP contribution in [0.3, 0.4) is 0 Å². The third-order valence-electron chi connectivity index (χ3n) is 1.92. The maximum Gasteiger partial charge on any atom is 0.416 e. The minimum absolute atomic E-state index is 0. The van der Waals surface area contributed by atoms with Crippen molar-refractivity contribution in [1.82, 2.24) is 0 Å². The summed E-state index contributed by atoms with van der Waals surface area (Å²) >= 11 is 0. The van der Waals surface area contributed by atoms with Gasteiger partial charge in [-0.25, -0.2) is 0 Å². The number of halogens is 4. The van der Waals surface area contributed by atoms with Gasteiger partial charge in [0.25, 0.3) is 0 Å². The molecule has 2 N–H and O–H groups in total. The third kappa shape index (κ3) is 4.53. The summed E-state index contributed by atoms with van der Waals surface area (Å²) in [6.45, 7) is 3.43. The van der Waals surface area contributed by atoms with Gasteiger partial charge in [-0.2, -0.15) is 13.2 Å². The normalized spacial score (nSPS) is 10.9. The van der Waals surface area contributed by atoms with E-state index in [0.29, 0.717) is 12.1 Å². The Labute approximate surface area is 93.1 Å². The van der Waals surface area contributed by atoms with Gasteiger partial charge < -0.3 is 17.7 Å². The summed E-state index contributed by atoms with van der Waals surface area (Å²) in [5.74, 6) is 0. The van der Waals surface area contributed by atoms with Crippen LogP contribution >= 0.6 is 0 Å². The van der Waals surface area contributed by atoms with Gasteiger partial charge in [0, 0.05) is 5.56 Å². The minimum atomic E-state index is -4.23. The van der Waals surface area contributed by atoms with Gasteiger partial charge in [-0.15, -0.1) is 0 Å².